The molecule has 10 heavy (non-hydrogen) atoms. The topological polar surface area (TPSA) is 69.9 Å². The van der Waals surface area contributed by atoms with Gasteiger partial charge in [0, 0.05) is 0 Å². The highest BCUT2D eigenvalue weighted by Crippen LogP contribution is 2.10. The summed E-state index contributed by atoms with van der Waals surface area (Å²) >= 11 is 0. The van der Waals surface area contributed by atoms with Crippen LogP contribution in [-0.2, 0) is 4.74 Å². The van der Waals surface area contributed by atoms with Crippen LogP contribution in [0.3, 0.4) is 0 Å². The van der Waals surface area contributed by atoms with Gasteiger partial charge in [-0.05, 0) is 6.08 Å². The van der Waals surface area contributed by atoms with Crippen molar-refractivity contribution in [2.45, 2.75) is 18.3 Å². The Bertz CT molecular complexity index is 150. The van der Waals surface area contributed by atoms with Gasteiger partial charge in [0.25, 0.3) is 0 Å². The van der Waals surface area contributed by atoms with Crippen LogP contribution < -0.4 is 0 Å². The molecule has 0 radical (unpaired) electrons. The number of aliphatic hydroxyl groups excluding tert-OH is 3. The number of hydrogen-bond donors (Lipinski definition) is 3. The van der Waals surface area contributed by atoms with Gasteiger partial charge in [0.15, 0.2) is 0 Å². The highest BCUT2D eigenvalue weighted by Gasteiger charge is 2.27. The Hall–Kier alpha value is -0.580. The van der Waals surface area contributed by atoms with E-state index in [1.54, 1.807) is 0 Å². The van der Waals surface area contributed by atoms with Gasteiger partial charge in [0.1, 0.15) is 18.3 Å². The van der Waals surface area contributed by atoms with E-state index >= 15 is 0 Å². The van der Waals surface area contributed by atoms with Crippen LogP contribution in [0, 0.1) is 0 Å². The molecule has 0 aromatic rings. The lowest BCUT2D eigenvalue weighted by Gasteiger charge is -2.26. The summed E-state index contributed by atoms with van der Waals surface area (Å²) in [6, 6.07) is 0. The molecule has 0 saturated carbocycles. The first-order valence-corrected chi connectivity index (χ1v) is 3.02. The minimum absolute atomic E-state index is 0.0530. The van der Waals surface area contributed by atoms with Crippen LogP contribution in [-0.4, -0.2) is 41.7 Å². The van der Waals surface area contributed by atoms with Crippen LogP contribution in [0.25, 0.3) is 0 Å². The van der Waals surface area contributed by atoms with Gasteiger partial charge in [-0.25, -0.2) is 0 Å². The van der Waals surface area contributed by atoms with Crippen molar-refractivity contribution >= 4 is 0 Å². The lowest BCUT2D eigenvalue weighted by Crippen LogP contribution is -2.42. The van der Waals surface area contributed by atoms with Crippen LogP contribution in [0.5, 0.6) is 0 Å². The Kier molecular flexibility index (Phi) is 1.85. The Balaban J connectivity index is 2.48. The molecular weight excluding hydrogens is 136 g/mol. The zero-order chi connectivity index (χ0) is 8.27. The molecule has 0 saturated heterocycles. The summed E-state index contributed by atoms with van der Waals surface area (Å²) in [7, 11) is 0. The van der Waals surface area contributed by atoms with E-state index in [-0.39, 0.29) is 6.61 Å². The van der Waals surface area contributed by atoms with Crippen LogP contribution >= 0.6 is 0 Å². The second kappa shape index (κ2) is 3.01. The van der Waals surface area contributed by atoms with Crippen molar-refractivity contribution in [2.24, 2.45) is 0 Å². The van der Waals surface area contributed by atoms with Crippen molar-refractivity contribution in [3.8, 4) is 0 Å². The van der Waals surface area contributed by atoms with Gasteiger partial charge in [-0.15, -0.1) is 0 Å². The van der Waals surface area contributed by atoms with Crippen molar-refractivity contribution < 1.29 is 20.1 Å². The average molecular weight is 148 g/mol. The molecule has 0 amide bonds. The van der Waals surface area contributed by atoms with Crippen LogP contribution in [0.2, 0.25) is 0 Å². The van der Waals surface area contributed by atoms with E-state index in [0.29, 0.717) is 0 Å². The summed E-state index contributed by atoms with van der Waals surface area (Å²) in [6.07, 6.45) is 0.0494. The molecule has 3 N–H and O–H groups in total. The van der Waals surface area contributed by atoms with Crippen LogP contribution in [0.15, 0.2) is 12.3 Å². The van der Waals surface area contributed by atoms with E-state index in [2.05, 4.69) is 5.11 Å². The summed E-state index contributed by atoms with van der Waals surface area (Å²) in [5.74, 6) is 0. The Morgan fingerprint density at radius 3 is 3.10 bits per heavy atom. The number of ether oxygens (including phenoxy) is 1. The minimum Gasteiger partial charge on any atom is -0.493 e. The van der Waals surface area contributed by atoms with Crippen molar-refractivity contribution in [1.29, 1.82) is 1.43 Å². The molecule has 3 unspecified atom stereocenters. The van der Waals surface area contributed by atoms with E-state index in [0.717, 1.165) is 0 Å². The molecule has 0 aromatic heterocycles. The maximum absolute atomic E-state index is 9.18. The second-order valence-electron chi connectivity index (χ2n) is 2.15. The maximum Gasteiger partial charge on any atom is 0.210 e. The van der Waals surface area contributed by atoms with E-state index in [4.69, 9.17) is 11.3 Å². The summed E-state index contributed by atoms with van der Waals surface area (Å²) in [5, 5.41) is 22.2. The predicted molar refractivity (Wildman–Crippen MR) is 33.1 cm³/mol. The summed E-state index contributed by atoms with van der Waals surface area (Å²) in [4.78, 5) is 0. The van der Waals surface area contributed by atoms with Gasteiger partial charge in [-0.2, -0.15) is 0 Å². The van der Waals surface area contributed by atoms with Gasteiger partial charge in [0.05, 0.1) is 12.9 Å². The number of aliphatic hydroxyl groups is 3. The second-order valence-corrected chi connectivity index (χ2v) is 2.15. The van der Waals surface area contributed by atoms with E-state index < -0.39 is 18.3 Å². The lowest BCUT2D eigenvalue weighted by molar-refractivity contribution is -0.0808. The maximum atomic E-state index is 9.18. The minimum atomic E-state index is -1.01. The highest BCUT2D eigenvalue weighted by atomic mass is 16.5. The van der Waals surface area contributed by atoms with E-state index in [1.807, 2.05) is 0 Å². The SMILES string of the molecule is [3H]OCC1OC=CC(O)C1O. The predicted octanol–water partition coefficient (Wildman–Crippen LogP) is -1.39. The molecule has 4 nitrogen and oxygen atoms in total. The molecule has 0 fully saturated rings. The van der Waals surface area contributed by atoms with Gasteiger partial charge in [-0.1, -0.05) is 0 Å². The Labute approximate surface area is 59.9 Å². The first kappa shape index (κ1) is 6.15. The molecule has 0 bridgehead atoms. The Morgan fingerprint density at radius 1 is 1.60 bits per heavy atom. The smallest absolute Gasteiger partial charge is 0.210 e. The largest absolute Gasteiger partial charge is 0.493 e. The third-order valence-electron chi connectivity index (χ3n) is 1.42. The molecular formula is C6H10O4. The average Bonchev–Trinajstić information content (AvgIpc) is 1.99. The molecule has 58 valence electrons. The van der Waals surface area contributed by atoms with Gasteiger partial charge in [0.2, 0.25) is 1.43 Å². The highest BCUT2D eigenvalue weighted by molar-refractivity contribution is 4.96. The number of rotatable bonds is 2. The zero-order valence-corrected chi connectivity index (χ0v) is 5.30. The van der Waals surface area contributed by atoms with E-state index in [9.17, 15) is 5.11 Å². The van der Waals surface area contributed by atoms with Crippen LogP contribution in [0.4, 0.5) is 0 Å². The lowest BCUT2D eigenvalue weighted by atomic mass is 10.1. The normalized spacial score (nSPS) is 40.6. The summed E-state index contributed by atoms with van der Waals surface area (Å²) < 4.78 is 11.3. The fourth-order valence-corrected chi connectivity index (χ4v) is 0.779. The first-order valence-electron chi connectivity index (χ1n) is 3.43. The molecule has 1 aliphatic rings. The van der Waals surface area contributed by atoms with Crippen LogP contribution in [0.1, 0.15) is 0 Å². The van der Waals surface area contributed by atoms with Crippen molar-refractivity contribution in [2.75, 3.05) is 6.61 Å². The van der Waals surface area contributed by atoms with Gasteiger partial charge < -0.3 is 20.1 Å². The van der Waals surface area contributed by atoms with Crippen molar-refractivity contribution in [3.05, 3.63) is 12.3 Å². The quantitative estimate of drug-likeness (QED) is 0.451. The molecule has 1 rings (SSSR count). The first-order chi connectivity index (χ1) is 5.25. The molecule has 0 aliphatic carbocycles. The molecule has 1 aliphatic heterocycles. The third-order valence-corrected chi connectivity index (χ3v) is 1.42. The fraction of sp³-hybridized carbons (Fsp3) is 0.667. The van der Waals surface area contributed by atoms with Crippen molar-refractivity contribution in [1.82, 2.24) is 0 Å². The van der Waals surface area contributed by atoms with Gasteiger partial charge in [-0.3, -0.25) is 0 Å². The fourth-order valence-electron chi connectivity index (χ4n) is 0.779. The van der Waals surface area contributed by atoms with Crippen molar-refractivity contribution in [3.63, 3.8) is 0 Å². The van der Waals surface area contributed by atoms with Gasteiger partial charge >= 0.3 is 0 Å². The monoisotopic (exact) mass is 148 g/mol. The third kappa shape index (κ3) is 1.29. The van der Waals surface area contributed by atoms with E-state index in [1.165, 1.54) is 12.3 Å². The summed E-state index contributed by atoms with van der Waals surface area (Å²) in [6.45, 7) is -0.0530. The molecule has 0 aromatic carbocycles. The molecule has 0 spiro atoms. The molecule has 4 heteroatoms. The zero-order valence-electron chi connectivity index (χ0n) is 6.30. The molecule has 1 heterocycles. The Morgan fingerprint density at radius 2 is 2.40 bits per heavy atom. The summed E-state index contributed by atoms with van der Waals surface area (Å²) in [5.41, 5.74) is 0. The standard InChI is InChI=1S/C6H10O4/c7-3-5-6(9)4(8)1-2-10-5/h1-2,4-9H,3H2/i7T. The number of hydrogen-bond acceptors (Lipinski definition) is 4. The molecule has 3 atom stereocenters.